The molecule has 0 atom stereocenters. The van der Waals surface area contributed by atoms with Gasteiger partial charge in [0.25, 0.3) is 0 Å². The molecule has 0 saturated carbocycles. The fraction of sp³-hybridized carbons (Fsp3) is 0.500. The molecule has 0 heterocycles. The molecular formula is C4H8Cl2OSi. The molecule has 0 bridgehead atoms. The van der Waals surface area contributed by atoms with Gasteiger partial charge < -0.3 is 4.74 Å². The smallest absolute Gasteiger partial charge is 0.303 e. The van der Waals surface area contributed by atoms with Crippen LogP contribution in [0.25, 0.3) is 0 Å². The standard InChI is InChI=1S/C4H8Cl2OSi/c1-3-7-4(2)8(5)6/h8H,2-3H2,1H3. The first kappa shape index (κ1) is 8.34. The summed E-state index contributed by atoms with van der Waals surface area (Å²) in [7, 11) is -1.75. The van der Waals surface area contributed by atoms with Crippen molar-refractivity contribution in [3.05, 3.63) is 12.0 Å². The van der Waals surface area contributed by atoms with E-state index in [9.17, 15) is 0 Å². The van der Waals surface area contributed by atoms with Crippen LogP contribution in [-0.4, -0.2) is 14.0 Å². The Labute approximate surface area is 60.3 Å². The van der Waals surface area contributed by atoms with E-state index in [2.05, 4.69) is 6.58 Å². The Morgan fingerprint density at radius 2 is 2.25 bits per heavy atom. The first-order valence-corrected chi connectivity index (χ1v) is 6.35. The van der Waals surface area contributed by atoms with Crippen molar-refractivity contribution < 1.29 is 4.74 Å². The minimum absolute atomic E-state index is 0.552. The lowest BCUT2D eigenvalue weighted by Crippen LogP contribution is -2.02. The number of halogens is 2. The molecule has 0 unspecified atom stereocenters. The SMILES string of the molecule is C=C(OCC)[SiH](Cl)Cl. The second-order valence-electron chi connectivity index (χ2n) is 1.20. The quantitative estimate of drug-likeness (QED) is 0.357. The van der Waals surface area contributed by atoms with Crippen molar-refractivity contribution in [1.29, 1.82) is 0 Å². The summed E-state index contributed by atoms with van der Waals surface area (Å²) in [6, 6.07) is 0. The summed E-state index contributed by atoms with van der Waals surface area (Å²) in [5, 5.41) is 0.552. The molecule has 1 nitrogen and oxygen atoms in total. The summed E-state index contributed by atoms with van der Waals surface area (Å²) in [6.07, 6.45) is 0. The maximum atomic E-state index is 5.49. The van der Waals surface area contributed by atoms with Crippen LogP contribution in [0.4, 0.5) is 0 Å². The van der Waals surface area contributed by atoms with Crippen LogP contribution in [0.3, 0.4) is 0 Å². The Morgan fingerprint density at radius 3 is 2.38 bits per heavy atom. The molecule has 0 aromatic carbocycles. The molecule has 0 rings (SSSR count). The van der Waals surface area contributed by atoms with E-state index in [1.807, 2.05) is 6.92 Å². The van der Waals surface area contributed by atoms with Gasteiger partial charge in [0, 0.05) is 0 Å². The Bertz CT molecular complexity index is 84.1. The average Bonchev–Trinajstić information content (AvgIpc) is 1.67. The normalized spacial score (nSPS) is 9.50. The molecule has 0 amide bonds. The van der Waals surface area contributed by atoms with Crippen molar-refractivity contribution in [2.75, 3.05) is 6.61 Å². The van der Waals surface area contributed by atoms with Gasteiger partial charge in [-0.1, -0.05) is 6.58 Å². The summed E-state index contributed by atoms with van der Waals surface area (Å²) in [5.74, 6) is 0. The highest BCUT2D eigenvalue weighted by molar-refractivity contribution is 7.36. The number of rotatable bonds is 3. The second kappa shape index (κ2) is 4.24. The van der Waals surface area contributed by atoms with Crippen molar-refractivity contribution in [2.45, 2.75) is 6.92 Å². The number of ether oxygens (including phenoxy) is 1. The van der Waals surface area contributed by atoms with Crippen LogP contribution in [0.2, 0.25) is 0 Å². The van der Waals surface area contributed by atoms with Crippen LogP contribution in [0.15, 0.2) is 12.0 Å². The van der Waals surface area contributed by atoms with Crippen molar-refractivity contribution in [2.24, 2.45) is 0 Å². The molecule has 0 saturated heterocycles. The van der Waals surface area contributed by atoms with Gasteiger partial charge in [0.2, 0.25) is 0 Å². The maximum Gasteiger partial charge on any atom is 0.303 e. The van der Waals surface area contributed by atoms with Crippen LogP contribution < -0.4 is 0 Å². The summed E-state index contributed by atoms with van der Waals surface area (Å²) in [6.45, 7) is 5.99. The minimum atomic E-state index is -1.75. The lowest BCUT2D eigenvalue weighted by molar-refractivity contribution is 0.255. The summed E-state index contributed by atoms with van der Waals surface area (Å²) >= 11 is 11.0. The van der Waals surface area contributed by atoms with Gasteiger partial charge in [-0.15, -0.1) is 22.2 Å². The summed E-state index contributed by atoms with van der Waals surface area (Å²) in [4.78, 5) is 0. The Morgan fingerprint density at radius 1 is 1.75 bits per heavy atom. The average molecular weight is 171 g/mol. The van der Waals surface area contributed by atoms with Gasteiger partial charge in [0.1, 0.15) is 5.38 Å². The van der Waals surface area contributed by atoms with E-state index in [-0.39, 0.29) is 0 Å². The first-order chi connectivity index (χ1) is 3.68. The van der Waals surface area contributed by atoms with Crippen molar-refractivity contribution in [3.8, 4) is 0 Å². The fourth-order valence-electron chi connectivity index (χ4n) is 0.248. The molecular weight excluding hydrogens is 163 g/mol. The van der Waals surface area contributed by atoms with E-state index in [0.717, 1.165) is 0 Å². The third kappa shape index (κ3) is 3.35. The zero-order valence-electron chi connectivity index (χ0n) is 4.66. The van der Waals surface area contributed by atoms with Crippen molar-refractivity contribution in [1.82, 2.24) is 0 Å². The van der Waals surface area contributed by atoms with Crippen LogP contribution in [0, 0.1) is 0 Å². The van der Waals surface area contributed by atoms with Gasteiger partial charge in [-0.05, 0) is 6.92 Å². The zero-order valence-corrected chi connectivity index (χ0v) is 7.32. The highest BCUT2D eigenvalue weighted by Gasteiger charge is 2.06. The van der Waals surface area contributed by atoms with E-state index >= 15 is 0 Å². The molecule has 0 aromatic heterocycles. The third-order valence-corrected chi connectivity index (χ3v) is 2.69. The van der Waals surface area contributed by atoms with Crippen LogP contribution >= 0.6 is 22.2 Å². The van der Waals surface area contributed by atoms with Crippen LogP contribution in [-0.2, 0) is 4.74 Å². The Hall–Kier alpha value is 0.337. The van der Waals surface area contributed by atoms with E-state index in [1.165, 1.54) is 0 Å². The summed E-state index contributed by atoms with van der Waals surface area (Å²) in [5.41, 5.74) is 0. The topological polar surface area (TPSA) is 9.23 Å². The van der Waals surface area contributed by atoms with Gasteiger partial charge in [0.15, 0.2) is 0 Å². The Kier molecular flexibility index (Phi) is 4.42. The molecule has 0 N–H and O–H groups in total. The first-order valence-electron chi connectivity index (χ1n) is 2.28. The van der Waals surface area contributed by atoms with Crippen LogP contribution in [0.1, 0.15) is 6.92 Å². The monoisotopic (exact) mass is 170 g/mol. The molecule has 0 aliphatic carbocycles. The zero-order chi connectivity index (χ0) is 6.57. The predicted octanol–water partition coefficient (Wildman–Crippen LogP) is 1.77. The third-order valence-electron chi connectivity index (χ3n) is 0.573. The largest absolute Gasteiger partial charge is 0.501 e. The van der Waals surface area contributed by atoms with Gasteiger partial charge in [-0.25, -0.2) is 0 Å². The predicted molar refractivity (Wildman–Crippen MR) is 39.6 cm³/mol. The number of hydrogen-bond acceptors (Lipinski definition) is 1. The van der Waals surface area contributed by atoms with E-state index in [0.29, 0.717) is 12.0 Å². The fourth-order valence-corrected chi connectivity index (χ4v) is 0.919. The van der Waals surface area contributed by atoms with E-state index in [1.54, 1.807) is 0 Å². The van der Waals surface area contributed by atoms with Crippen LogP contribution in [0.5, 0.6) is 0 Å². The molecule has 0 aliphatic heterocycles. The highest BCUT2D eigenvalue weighted by atomic mass is 35.7. The van der Waals surface area contributed by atoms with Gasteiger partial charge in [-0.2, -0.15) is 0 Å². The molecule has 0 radical (unpaired) electrons. The van der Waals surface area contributed by atoms with Crippen molar-refractivity contribution >= 4 is 29.6 Å². The van der Waals surface area contributed by atoms with E-state index in [4.69, 9.17) is 26.9 Å². The van der Waals surface area contributed by atoms with Gasteiger partial charge >= 0.3 is 7.42 Å². The molecule has 0 spiro atoms. The number of hydrogen-bond donors (Lipinski definition) is 0. The lowest BCUT2D eigenvalue weighted by atomic mass is 10.9. The molecule has 4 heteroatoms. The Balaban J connectivity index is 3.33. The summed E-state index contributed by atoms with van der Waals surface area (Å²) < 4.78 is 4.91. The van der Waals surface area contributed by atoms with E-state index < -0.39 is 7.42 Å². The second-order valence-corrected chi connectivity index (χ2v) is 5.73. The molecule has 0 aromatic rings. The van der Waals surface area contributed by atoms with Crippen molar-refractivity contribution in [3.63, 3.8) is 0 Å². The minimum Gasteiger partial charge on any atom is -0.501 e. The van der Waals surface area contributed by atoms with Gasteiger partial charge in [-0.3, -0.25) is 0 Å². The molecule has 8 heavy (non-hydrogen) atoms. The van der Waals surface area contributed by atoms with Gasteiger partial charge in [0.05, 0.1) is 6.61 Å². The maximum absolute atomic E-state index is 5.49. The molecule has 48 valence electrons. The molecule has 0 aliphatic rings. The molecule has 0 fully saturated rings. The highest BCUT2D eigenvalue weighted by Crippen LogP contribution is 2.07. The lowest BCUT2D eigenvalue weighted by Gasteiger charge is -2.03.